The van der Waals surface area contributed by atoms with E-state index in [1.165, 1.54) is 0 Å². The third-order valence-corrected chi connectivity index (χ3v) is 4.14. The van der Waals surface area contributed by atoms with Crippen molar-refractivity contribution in [2.45, 2.75) is 24.8 Å². The van der Waals surface area contributed by atoms with E-state index >= 15 is 0 Å². The molecule has 1 unspecified atom stereocenters. The van der Waals surface area contributed by atoms with Crippen LogP contribution < -0.4 is 5.32 Å². The van der Waals surface area contributed by atoms with E-state index in [2.05, 4.69) is 11.4 Å². The van der Waals surface area contributed by atoms with Gasteiger partial charge in [-0.3, -0.25) is 4.79 Å². The molecule has 1 fully saturated rings. The van der Waals surface area contributed by atoms with Gasteiger partial charge < -0.3 is 5.32 Å². The minimum Gasteiger partial charge on any atom is -0.352 e. The molecule has 0 radical (unpaired) electrons. The number of rotatable bonds is 3. The lowest BCUT2D eigenvalue weighted by atomic mass is 9.99. The first-order valence-corrected chi connectivity index (χ1v) is 7.29. The van der Waals surface area contributed by atoms with Crippen molar-refractivity contribution in [2.75, 3.05) is 11.5 Å². The van der Waals surface area contributed by atoms with Crippen LogP contribution in [0.1, 0.15) is 24.3 Å². The van der Waals surface area contributed by atoms with Crippen molar-refractivity contribution in [3.05, 3.63) is 35.9 Å². The van der Waals surface area contributed by atoms with E-state index in [1.54, 1.807) is 0 Å². The average Bonchev–Trinajstić information content (AvgIpc) is 2.42. The van der Waals surface area contributed by atoms with E-state index in [1.807, 2.05) is 42.1 Å². The van der Waals surface area contributed by atoms with Gasteiger partial charge in [0.1, 0.15) is 5.92 Å². The van der Waals surface area contributed by atoms with Crippen LogP contribution >= 0.6 is 11.8 Å². The molecule has 1 amide bonds. The van der Waals surface area contributed by atoms with E-state index < -0.39 is 5.92 Å². The van der Waals surface area contributed by atoms with Gasteiger partial charge in [0.25, 0.3) is 0 Å². The van der Waals surface area contributed by atoms with Gasteiger partial charge in [0.05, 0.1) is 6.07 Å². The molecule has 0 saturated carbocycles. The molecule has 1 atom stereocenters. The Balaban J connectivity index is 2.00. The third kappa shape index (κ3) is 3.27. The number of hydrogen-bond donors (Lipinski definition) is 1. The molecule has 1 saturated heterocycles. The molecule has 1 heterocycles. The highest BCUT2D eigenvalue weighted by Gasteiger charge is 2.23. The summed E-state index contributed by atoms with van der Waals surface area (Å²) in [5.74, 6) is 1.32. The molecular weight excluding hydrogens is 244 g/mol. The van der Waals surface area contributed by atoms with Crippen molar-refractivity contribution in [3.63, 3.8) is 0 Å². The Morgan fingerprint density at radius 2 is 2.00 bits per heavy atom. The first-order chi connectivity index (χ1) is 8.81. The highest BCUT2D eigenvalue weighted by Crippen LogP contribution is 2.19. The second-order valence-electron chi connectivity index (χ2n) is 4.37. The van der Waals surface area contributed by atoms with Gasteiger partial charge in [-0.1, -0.05) is 30.3 Å². The second kappa shape index (κ2) is 6.46. The lowest BCUT2D eigenvalue weighted by Crippen LogP contribution is -2.39. The molecule has 4 heteroatoms. The van der Waals surface area contributed by atoms with Gasteiger partial charge in [-0.2, -0.15) is 17.0 Å². The summed E-state index contributed by atoms with van der Waals surface area (Å²) in [5.41, 5.74) is 0.766. The van der Waals surface area contributed by atoms with E-state index in [-0.39, 0.29) is 11.9 Å². The second-order valence-corrected chi connectivity index (χ2v) is 5.59. The fourth-order valence-electron chi connectivity index (χ4n) is 2.06. The molecule has 3 nitrogen and oxygen atoms in total. The van der Waals surface area contributed by atoms with Crippen LogP contribution in [-0.2, 0) is 4.79 Å². The largest absolute Gasteiger partial charge is 0.352 e. The van der Waals surface area contributed by atoms with Crippen molar-refractivity contribution in [1.82, 2.24) is 5.32 Å². The maximum atomic E-state index is 12.1. The maximum Gasteiger partial charge on any atom is 0.242 e. The molecule has 0 aromatic heterocycles. The summed E-state index contributed by atoms with van der Waals surface area (Å²) >= 11 is 1.92. The Kier molecular flexibility index (Phi) is 4.66. The Hall–Kier alpha value is -1.47. The Morgan fingerprint density at radius 1 is 1.33 bits per heavy atom. The van der Waals surface area contributed by atoms with Crippen molar-refractivity contribution < 1.29 is 4.79 Å². The zero-order chi connectivity index (χ0) is 12.8. The summed E-state index contributed by atoms with van der Waals surface area (Å²) in [6, 6.07) is 11.6. The monoisotopic (exact) mass is 260 g/mol. The third-order valence-electron chi connectivity index (χ3n) is 3.09. The van der Waals surface area contributed by atoms with Crippen molar-refractivity contribution in [2.24, 2.45) is 0 Å². The van der Waals surface area contributed by atoms with Crippen molar-refractivity contribution in [3.8, 4) is 6.07 Å². The number of nitrogens with zero attached hydrogens (tertiary/aromatic N) is 1. The van der Waals surface area contributed by atoms with Crippen LogP contribution in [0.2, 0.25) is 0 Å². The summed E-state index contributed by atoms with van der Waals surface area (Å²) in [6.07, 6.45) is 2.01. The van der Waals surface area contributed by atoms with Gasteiger partial charge in [0.15, 0.2) is 0 Å². The highest BCUT2D eigenvalue weighted by atomic mass is 32.2. The normalized spacial score (nSPS) is 17.7. The number of thioether (sulfide) groups is 1. The van der Waals surface area contributed by atoms with Gasteiger partial charge >= 0.3 is 0 Å². The molecule has 1 aliphatic rings. The van der Waals surface area contributed by atoms with E-state index in [0.29, 0.717) is 0 Å². The van der Waals surface area contributed by atoms with Crippen molar-refractivity contribution in [1.29, 1.82) is 5.26 Å². The first kappa shape index (κ1) is 13.0. The molecule has 18 heavy (non-hydrogen) atoms. The Bertz CT molecular complexity index is 435. The topological polar surface area (TPSA) is 52.9 Å². The van der Waals surface area contributed by atoms with Gasteiger partial charge in [-0.25, -0.2) is 0 Å². The molecule has 94 valence electrons. The quantitative estimate of drug-likeness (QED) is 0.907. The summed E-state index contributed by atoms with van der Waals surface area (Å²) in [6.45, 7) is 0. The lowest BCUT2D eigenvalue weighted by molar-refractivity contribution is -0.122. The van der Waals surface area contributed by atoms with E-state index in [9.17, 15) is 4.79 Å². The van der Waals surface area contributed by atoms with Gasteiger partial charge in [0, 0.05) is 6.04 Å². The minimum absolute atomic E-state index is 0.166. The molecule has 0 aliphatic carbocycles. The Labute approximate surface area is 112 Å². The van der Waals surface area contributed by atoms with Gasteiger partial charge in [0.2, 0.25) is 5.91 Å². The minimum atomic E-state index is -0.694. The van der Waals surface area contributed by atoms with Gasteiger partial charge in [-0.15, -0.1) is 0 Å². The smallest absolute Gasteiger partial charge is 0.242 e. The fourth-order valence-corrected chi connectivity index (χ4v) is 3.16. The Morgan fingerprint density at radius 3 is 2.61 bits per heavy atom. The first-order valence-electron chi connectivity index (χ1n) is 6.14. The maximum absolute atomic E-state index is 12.1. The molecule has 0 spiro atoms. The predicted octanol–water partition coefficient (Wildman–Crippen LogP) is 2.31. The summed E-state index contributed by atoms with van der Waals surface area (Å²) < 4.78 is 0. The number of hydrogen-bond acceptors (Lipinski definition) is 3. The van der Waals surface area contributed by atoms with Crippen LogP contribution in [0, 0.1) is 11.3 Å². The molecule has 1 aromatic carbocycles. The number of nitrogens with one attached hydrogen (secondary N) is 1. The van der Waals surface area contributed by atoms with Gasteiger partial charge in [-0.05, 0) is 29.9 Å². The van der Waals surface area contributed by atoms with E-state index in [0.717, 1.165) is 29.9 Å². The predicted molar refractivity (Wildman–Crippen MR) is 73.3 cm³/mol. The average molecular weight is 260 g/mol. The van der Waals surface area contributed by atoms with Crippen LogP contribution in [0.3, 0.4) is 0 Å². The molecule has 0 bridgehead atoms. The van der Waals surface area contributed by atoms with Crippen LogP contribution in [0.15, 0.2) is 30.3 Å². The summed E-state index contributed by atoms with van der Waals surface area (Å²) in [5, 5.41) is 12.2. The zero-order valence-electron chi connectivity index (χ0n) is 10.1. The number of carbonyl (C=O) groups excluding carboxylic acids is 1. The molecule has 1 aromatic rings. The van der Waals surface area contributed by atoms with Crippen LogP contribution in [0.5, 0.6) is 0 Å². The summed E-state index contributed by atoms with van der Waals surface area (Å²) in [7, 11) is 0. The van der Waals surface area contributed by atoms with Crippen LogP contribution in [0.25, 0.3) is 0 Å². The fraction of sp³-hybridized carbons (Fsp3) is 0.429. The van der Waals surface area contributed by atoms with E-state index in [4.69, 9.17) is 5.26 Å². The number of benzene rings is 1. The molecule has 2 rings (SSSR count). The lowest BCUT2D eigenvalue weighted by Gasteiger charge is -2.23. The van der Waals surface area contributed by atoms with Crippen LogP contribution in [0.4, 0.5) is 0 Å². The SMILES string of the molecule is N#CC(C(=O)NC1CCSCC1)c1ccccc1. The number of nitriles is 1. The number of carbonyl (C=O) groups is 1. The number of amides is 1. The molecule has 1 aliphatic heterocycles. The van der Waals surface area contributed by atoms with Crippen LogP contribution in [-0.4, -0.2) is 23.5 Å². The molecular formula is C14H16N2OS. The zero-order valence-corrected chi connectivity index (χ0v) is 11.0. The molecule has 1 N–H and O–H groups in total. The van der Waals surface area contributed by atoms with Crippen molar-refractivity contribution >= 4 is 17.7 Å². The highest BCUT2D eigenvalue weighted by molar-refractivity contribution is 7.99. The summed E-state index contributed by atoms with van der Waals surface area (Å²) in [4.78, 5) is 12.1. The standard InChI is InChI=1S/C14H16N2OS/c15-10-13(11-4-2-1-3-5-11)14(17)16-12-6-8-18-9-7-12/h1-5,12-13H,6-9H2,(H,16,17).